The molecule has 0 aliphatic heterocycles. The molecule has 0 bridgehead atoms. The molecule has 0 aliphatic carbocycles. The molecule has 0 unspecified atom stereocenters. The molecule has 25 heavy (non-hydrogen) atoms. The van der Waals surface area contributed by atoms with Crippen LogP contribution in [0.1, 0.15) is 10.4 Å². The predicted octanol–water partition coefficient (Wildman–Crippen LogP) is 3.06. The third kappa shape index (κ3) is 3.35. The summed E-state index contributed by atoms with van der Waals surface area (Å²) in [5.74, 6) is -3.15. The number of hydrogen-bond acceptors (Lipinski definition) is 3. The van der Waals surface area contributed by atoms with Gasteiger partial charge in [0.1, 0.15) is 17.9 Å². The van der Waals surface area contributed by atoms with Crippen LogP contribution in [0.15, 0.2) is 53.5 Å². The fourth-order valence-electron chi connectivity index (χ4n) is 2.50. The van der Waals surface area contributed by atoms with Crippen LogP contribution in [-0.2, 0) is 6.54 Å². The second-order valence-electron chi connectivity index (χ2n) is 5.32. The van der Waals surface area contributed by atoms with Gasteiger partial charge in [0, 0.05) is 17.6 Å². The van der Waals surface area contributed by atoms with Gasteiger partial charge in [0.05, 0.1) is 12.1 Å². The summed E-state index contributed by atoms with van der Waals surface area (Å²) >= 11 is 0. The number of halogens is 2. The topological polar surface area (TPSA) is 68.5 Å². The third-order valence-corrected chi connectivity index (χ3v) is 3.70. The van der Waals surface area contributed by atoms with Crippen LogP contribution in [-0.4, -0.2) is 22.2 Å². The van der Waals surface area contributed by atoms with E-state index in [1.165, 1.54) is 4.57 Å². The number of carboxylic acid groups (broad SMARTS) is 1. The molecule has 1 heterocycles. The summed E-state index contributed by atoms with van der Waals surface area (Å²) in [5, 5.41) is 8.97. The first-order chi connectivity index (χ1) is 12.0. The van der Waals surface area contributed by atoms with Crippen molar-refractivity contribution in [2.75, 3.05) is 6.61 Å². The monoisotopic (exact) mass is 345 g/mol. The number of benzene rings is 2. The van der Waals surface area contributed by atoms with Gasteiger partial charge in [0.2, 0.25) is 5.43 Å². The smallest absolute Gasteiger partial charge is 0.341 e. The molecular formula is C18H13F2NO4. The van der Waals surface area contributed by atoms with Crippen molar-refractivity contribution < 1.29 is 23.4 Å². The lowest BCUT2D eigenvalue weighted by Gasteiger charge is -2.13. The lowest BCUT2D eigenvalue weighted by atomic mass is 10.1. The van der Waals surface area contributed by atoms with Gasteiger partial charge in [-0.05, 0) is 18.2 Å². The first kappa shape index (κ1) is 16.6. The van der Waals surface area contributed by atoms with Gasteiger partial charge < -0.3 is 14.4 Å². The molecule has 0 saturated carbocycles. The second-order valence-corrected chi connectivity index (χ2v) is 5.32. The second kappa shape index (κ2) is 6.72. The minimum Gasteiger partial charge on any atom is -0.492 e. The van der Waals surface area contributed by atoms with Gasteiger partial charge in [-0.25, -0.2) is 13.6 Å². The Bertz CT molecular complexity index is 999. The largest absolute Gasteiger partial charge is 0.492 e. The zero-order valence-electron chi connectivity index (χ0n) is 12.9. The van der Waals surface area contributed by atoms with Crippen LogP contribution in [0.3, 0.4) is 0 Å². The SMILES string of the molecule is O=C(O)c1cn(CCOc2ccccc2)c2cc(F)c(F)cc2c1=O. The Morgan fingerprint density at radius 1 is 1.12 bits per heavy atom. The first-order valence-electron chi connectivity index (χ1n) is 7.40. The average molecular weight is 345 g/mol. The summed E-state index contributed by atoms with van der Waals surface area (Å²) in [5.41, 5.74) is -1.27. The van der Waals surface area contributed by atoms with Crippen LogP contribution in [0, 0.1) is 11.6 Å². The zero-order chi connectivity index (χ0) is 18.0. The van der Waals surface area contributed by atoms with E-state index in [-0.39, 0.29) is 24.1 Å². The minimum atomic E-state index is -1.44. The standard InChI is InChI=1S/C18H13F2NO4/c19-14-8-12-16(9-15(14)20)21(10-13(17(12)22)18(23)24)6-7-25-11-4-2-1-3-5-11/h1-5,8-10H,6-7H2,(H,23,24). The number of carboxylic acids is 1. The van der Waals surface area contributed by atoms with E-state index in [0.29, 0.717) is 11.8 Å². The van der Waals surface area contributed by atoms with Gasteiger partial charge in [0.15, 0.2) is 11.6 Å². The van der Waals surface area contributed by atoms with Gasteiger partial charge >= 0.3 is 5.97 Å². The Hall–Kier alpha value is -3.22. The average Bonchev–Trinajstić information content (AvgIpc) is 2.59. The fourth-order valence-corrected chi connectivity index (χ4v) is 2.50. The number of nitrogens with zero attached hydrogens (tertiary/aromatic N) is 1. The van der Waals surface area contributed by atoms with E-state index >= 15 is 0 Å². The van der Waals surface area contributed by atoms with E-state index in [1.54, 1.807) is 24.3 Å². The van der Waals surface area contributed by atoms with Gasteiger partial charge in [0.25, 0.3) is 0 Å². The summed E-state index contributed by atoms with van der Waals surface area (Å²) in [4.78, 5) is 23.4. The number of rotatable bonds is 5. The molecule has 0 aliphatic rings. The van der Waals surface area contributed by atoms with Gasteiger partial charge in [-0.15, -0.1) is 0 Å². The zero-order valence-corrected chi connectivity index (χ0v) is 12.9. The Kier molecular flexibility index (Phi) is 4.47. The molecular weight excluding hydrogens is 332 g/mol. The van der Waals surface area contributed by atoms with Crippen LogP contribution in [0.25, 0.3) is 10.9 Å². The number of para-hydroxylation sites is 1. The summed E-state index contributed by atoms with van der Waals surface area (Å²) in [6.45, 7) is 0.303. The number of fused-ring (bicyclic) bond motifs is 1. The van der Waals surface area contributed by atoms with E-state index in [9.17, 15) is 18.4 Å². The van der Waals surface area contributed by atoms with E-state index in [0.717, 1.165) is 12.3 Å². The van der Waals surface area contributed by atoms with Crippen molar-refractivity contribution in [3.63, 3.8) is 0 Å². The normalized spacial score (nSPS) is 10.8. The molecule has 128 valence electrons. The highest BCUT2D eigenvalue weighted by atomic mass is 19.2. The number of ether oxygens (including phenoxy) is 1. The number of carbonyl (C=O) groups is 1. The maximum atomic E-state index is 13.6. The third-order valence-electron chi connectivity index (χ3n) is 3.70. The van der Waals surface area contributed by atoms with Crippen molar-refractivity contribution in [1.29, 1.82) is 0 Å². The molecule has 5 nitrogen and oxygen atoms in total. The van der Waals surface area contributed by atoms with E-state index in [2.05, 4.69) is 0 Å². The predicted molar refractivity (Wildman–Crippen MR) is 87.0 cm³/mol. The summed E-state index contributed by atoms with van der Waals surface area (Å²) in [6.07, 6.45) is 1.11. The number of hydrogen-bond donors (Lipinski definition) is 1. The molecule has 3 rings (SSSR count). The summed E-state index contributed by atoms with van der Waals surface area (Å²) < 4.78 is 33.9. The highest BCUT2D eigenvalue weighted by Crippen LogP contribution is 2.17. The first-order valence-corrected chi connectivity index (χ1v) is 7.40. The molecule has 7 heteroatoms. The molecule has 3 aromatic rings. The Labute approximate surface area is 140 Å². The van der Waals surface area contributed by atoms with Crippen molar-refractivity contribution >= 4 is 16.9 Å². The molecule has 2 aromatic carbocycles. The Morgan fingerprint density at radius 3 is 2.48 bits per heavy atom. The Morgan fingerprint density at radius 2 is 1.80 bits per heavy atom. The Balaban J connectivity index is 2.00. The molecule has 0 spiro atoms. The number of aromatic nitrogens is 1. The van der Waals surface area contributed by atoms with Crippen LogP contribution in [0.4, 0.5) is 8.78 Å². The van der Waals surface area contributed by atoms with Crippen molar-refractivity contribution in [3.05, 3.63) is 76.1 Å². The fraction of sp³-hybridized carbons (Fsp3) is 0.111. The van der Waals surface area contributed by atoms with Crippen LogP contribution in [0.5, 0.6) is 5.75 Å². The summed E-state index contributed by atoms with van der Waals surface area (Å²) in [7, 11) is 0. The van der Waals surface area contributed by atoms with Crippen molar-refractivity contribution in [2.45, 2.75) is 6.54 Å². The molecule has 0 atom stereocenters. The molecule has 0 saturated heterocycles. The maximum absolute atomic E-state index is 13.6. The van der Waals surface area contributed by atoms with Gasteiger partial charge in [-0.3, -0.25) is 4.79 Å². The van der Waals surface area contributed by atoms with E-state index in [1.807, 2.05) is 6.07 Å². The highest BCUT2D eigenvalue weighted by molar-refractivity contribution is 5.92. The van der Waals surface area contributed by atoms with Gasteiger partial charge in [-0.1, -0.05) is 18.2 Å². The van der Waals surface area contributed by atoms with E-state index in [4.69, 9.17) is 9.84 Å². The quantitative estimate of drug-likeness (QED) is 0.772. The summed E-state index contributed by atoms with van der Waals surface area (Å²) in [6, 6.07) is 10.5. The lowest BCUT2D eigenvalue weighted by Crippen LogP contribution is -2.21. The highest BCUT2D eigenvalue weighted by Gasteiger charge is 2.17. The molecule has 1 N–H and O–H groups in total. The molecule has 0 amide bonds. The lowest BCUT2D eigenvalue weighted by molar-refractivity contribution is 0.0694. The molecule has 1 aromatic heterocycles. The minimum absolute atomic E-state index is 0.102. The van der Waals surface area contributed by atoms with Gasteiger partial charge in [-0.2, -0.15) is 0 Å². The van der Waals surface area contributed by atoms with Crippen LogP contribution >= 0.6 is 0 Å². The molecule has 0 fully saturated rings. The maximum Gasteiger partial charge on any atom is 0.341 e. The number of pyridine rings is 1. The van der Waals surface area contributed by atoms with Crippen LogP contribution < -0.4 is 10.2 Å². The molecule has 0 radical (unpaired) electrons. The van der Waals surface area contributed by atoms with Crippen molar-refractivity contribution in [2.24, 2.45) is 0 Å². The van der Waals surface area contributed by atoms with Crippen molar-refractivity contribution in [3.8, 4) is 5.75 Å². The van der Waals surface area contributed by atoms with E-state index < -0.39 is 28.6 Å². The number of aromatic carboxylic acids is 1. The van der Waals surface area contributed by atoms with Crippen molar-refractivity contribution in [1.82, 2.24) is 4.57 Å². The van der Waals surface area contributed by atoms with Crippen LogP contribution in [0.2, 0.25) is 0 Å².